The van der Waals surface area contributed by atoms with Gasteiger partial charge in [0.15, 0.2) is 0 Å². The number of nitriles is 1. The summed E-state index contributed by atoms with van der Waals surface area (Å²) in [6, 6.07) is 2.25. The number of alkyl halides is 2. The Labute approximate surface area is 82.9 Å². The first-order chi connectivity index (χ1) is 6.56. The van der Waals surface area contributed by atoms with Gasteiger partial charge in [-0.25, -0.2) is 18.2 Å². The van der Waals surface area contributed by atoms with Crippen molar-refractivity contribution < 1.29 is 13.2 Å². The Morgan fingerprint density at radius 2 is 2.21 bits per heavy atom. The summed E-state index contributed by atoms with van der Waals surface area (Å²) in [6.45, 7) is 0. The topological polar surface area (TPSA) is 36.7 Å². The molecule has 0 bridgehead atoms. The van der Waals surface area contributed by atoms with E-state index < -0.39 is 17.9 Å². The number of nitrogens with zero attached hydrogens (tertiary/aromatic N) is 2. The van der Waals surface area contributed by atoms with Gasteiger partial charge in [-0.3, -0.25) is 0 Å². The highest BCUT2D eigenvalue weighted by molar-refractivity contribution is 6.30. The van der Waals surface area contributed by atoms with Crippen molar-refractivity contribution in [3.63, 3.8) is 0 Å². The zero-order chi connectivity index (χ0) is 10.7. The highest BCUT2D eigenvalue weighted by atomic mass is 35.5. The van der Waals surface area contributed by atoms with Crippen molar-refractivity contribution >= 4 is 11.6 Å². The van der Waals surface area contributed by atoms with Crippen LogP contribution in [0.1, 0.15) is 17.7 Å². The van der Waals surface area contributed by atoms with Crippen molar-refractivity contribution in [3.05, 3.63) is 28.3 Å². The maximum absolute atomic E-state index is 13.0. The van der Waals surface area contributed by atoms with Crippen LogP contribution < -0.4 is 0 Å². The van der Waals surface area contributed by atoms with Crippen LogP contribution in [-0.4, -0.2) is 4.98 Å². The molecule has 14 heavy (non-hydrogen) atoms. The number of rotatable bonds is 2. The van der Waals surface area contributed by atoms with Gasteiger partial charge in [0.05, 0.1) is 12.5 Å². The van der Waals surface area contributed by atoms with E-state index in [9.17, 15) is 13.2 Å². The highest BCUT2D eigenvalue weighted by Crippen LogP contribution is 2.24. The molecule has 0 radical (unpaired) electrons. The molecular formula is C8H4ClF3N2. The van der Waals surface area contributed by atoms with E-state index in [1.807, 2.05) is 0 Å². The lowest BCUT2D eigenvalue weighted by atomic mass is 10.2. The van der Waals surface area contributed by atoms with E-state index in [0.717, 1.165) is 0 Å². The van der Waals surface area contributed by atoms with Crippen LogP contribution in [0.25, 0.3) is 0 Å². The Morgan fingerprint density at radius 1 is 1.57 bits per heavy atom. The molecule has 0 saturated carbocycles. The Balaban J connectivity index is 3.19. The van der Waals surface area contributed by atoms with E-state index in [4.69, 9.17) is 16.9 Å². The summed E-state index contributed by atoms with van der Waals surface area (Å²) >= 11 is 5.42. The Hall–Kier alpha value is -1.28. The largest absolute Gasteiger partial charge is 0.280 e. The van der Waals surface area contributed by atoms with Gasteiger partial charge in [0.25, 0.3) is 6.43 Å². The van der Waals surface area contributed by atoms with Crippen LogP contribution in [0, 0.1) is 17.1 Å². The molecule has 0 aliphatic rings. The second kappa shape index (κ2) is 4.29. The summed E-state index contributed by atoms with van der Waals surface area (Å²) in [5.74, 6) is -0.929. The molecule has 74 valence electrons. The van der Waals surface area contributed by atoms with Crippen molar-refractivity contribution in [3.8, 4) is 6.07 Å². The minimum atomic E-state index is -2.88. The van der Waals surface area contributed by atoms with E-state index in [1.165, 1.54) is 0 Å². The zero-order valence-corrected chi connectivity index (χ0v) is 7.52. The SMILES string of the molecule is N#CCc1c(F)cc(C(F)F)nc1Cl. The van der Waals surface area contributed by atoms with E-state index in [1.54, 1.807) is 6.07 Å². The first-order valence-electron chi connectivity index (χ1n) is 3.56. The zero-order valence-electron chi connectivity index (χ0n) is 6.77. The third kappa shape index (κ3) is 2.15. The number of pyridine rings is 1. The quantitative estimate of drug-likeness (QED) is 0.719. The molecule has 6 heteroatoms. The third-order valence-electron chi connectivity index (χ3n) is 1.52. The summed E-state index contributed by atoms with van der Waals surface area (Å²) in [6.07, 6.45) is -3.17. The fraction of sp³-hybridized carbons (Fsp3) is 0.250. The van der Waals surface area contributed by atoms with Gasteiger partial charge in [-0.1, -0.05) is 11.6 Å². The monoisotopic (exact) mass is 220 g/mol. The fourth-order valence-electron chi connectivity index (χ4n) is 0.877. The van der Waals surface area contributed by atoms with Gasteiger partial charge in [0.1, 0.15) is 16.7 Å². The van der Waals surface area contributed by atoms with E-state index in [2.05, 4.69) is 4.98 Å². The minimum absolute atomic E-state index is 0.154. The Morgan fingerprint density at radius 3 is 2.64 bits per heavy atom. The normalized spacial score (nSPS) is 10.3. The first kappa shape index (κ1) is 10.8. The predicted molar refractivity (Wildman–Crippen MR) is 43.5 cm³/mol. The lowest BCUT2D eigenvalue weighted by Gasteiger charge is -2.04. The van der Waals surface area contributed by atoms with Gasteiger partial charge >= 0.3 is 0 Å². The summed E-state index contributed by atoms with van der Waals surface area (Å²) in [5, 5.41) is 7.91. The summed E-state index contributed by atoms with van der Waals surface area (Å²) in [7, 11) is 0. The van der Waals surface area contributed by atoms with Gasteiger partial charge in [-0.15, -0.1) is 0 Å². The smallest absolute Gasteiger partial charge is 0.235 e. The van der Waals surface area contributed by atoms with E-state index in [0.29, 0.717) is 6.07 Å². The molecule has 0 aliphatic heterocycles. The van der Waals surface area contributed by atoms with Crippen LogP contribution in [-0.2, 0) is 6.42 Å². The van der Waals surface area contributed by atoms with Crippen molar-refractivity contribution in [1.82, 2.24) is 4.98 Å². The van der Waals surface area contributed by atoms with Crippen LogP contribution >= 0.6 is 11.6 Å². The summed E-state index contributed by atoms with van der Waals surface area (Å²) in [5.41, 5.74) is -0.882. The maximum Gasteiger partial charge on any atom is 0.280 e. The molecule has 0 saturated heterocycles. The summed E-state index contributed by atoms with van der Waals surface area (Å²) in [4.78, 5) is 3.28. The minimum Gasteiger partial charge on any atom is -0.235 e. The van der Waals surface area contributed by atoms with Crippen LogP contribution in [0.5, 0.6) is 0 Å². The molecule has 1 rings (SSSR count). The number of halogens is 4. The summed E-state index contributed by atoms with van der Waals surface area (Å²) < 4.78 is 37.2. The van der Waals surface area contributed by atoms with Crippen molar-refractivity contribution in [2.24, 2.45) is 0 Å². The van der Waals surface area contributed by atoms with E-state index >= 15 is 0 Å². The lowest BCUT2D eigenvalue weighted by molar-refractivity contribution is 0.145. The molecule has 0 fully saturated rings. The molecule has 1 heterocycles. The lowest BCUT2D eigenvalue weighted by Crippen LogP contribution is -1.99. The molecule has 0 aliphatic carbocycles. The fourth-order valence-corrected chi connectivity index (χ4v) is 1.13. The van der Waals surface area contributed by atoms with Crippen LogP contribution in [0.15, 0.2) is 6.07 Å². The molecule has 0 amide bonds. The highest BCUT2D eigenvalue weighted by Gasteiger charge is 2.16. The second-order valence-corrected chi connectivity index (χ2v) is 2.79. The van der Waals surface area contributed by atoms with Gasteiger partial charge in [-0.2, -0.15) is 5.26 Å². The van der Waals surface area contributed by atoms with Crippen LogP contribution in [0.2, 0.25) is 5.15 Å². The second-order valence-electron chi connectivity index (χ2n) is 2.43. The number of hydrogen-bond donors (Lipinski definition) is 0. The molecular weight excluding hydrogens is 217 g/mol. The molecule has 0 N–H and O–H groups in total. The maximum atomic E-state index is 13.0. The van der Waals surface area contributed by atoms with Crippen LogP contribution in [0.3, 0.4) is 0 Å². The Bertz CT molecular complexity index is 364. The van der Waals surface area contributed by atoms with Gasteiger partial charge in [0.2, 0.25) is 0 Å². The first-order valence-corrected chi connectivity index (χ1v) is 3.94. The predicted octanol–water partition coefficient (Wildman–Crippen LogP) is 2.88. The average molecular weight is 221 g/mol. The average Bonchev–Trinajstić information content (AvgIpc) is 2.10. The Kier molecular flexibility index (Phi) is 3.31. The van der Waals surface area contributed by atoms with Crippen molar-refractivity contribution in [2.45, 2.75) is 12.8 Å². The molecule has 0 unspecified atom stereocenters. The molecule has 0 aromatic carbocycles. The van der Waals surface area contributed by atoms with Gasteiger partial charge in [0, 0.05) is 11.6 Å². The van der Waals surface area contributed by atoms with Gasteiger partial charge in [-0.05, 0) is 0 Å². The molecule has 2 nitrogen and oxygen atoms in total. The van der Waals surface area contributed by atoms with E-state index in [-0.39, 0.29) is 17.1 Å². The molecule has 1 aromatic rings. The standard InChI is InChI=1S/C8H4ClF3N2/c9-7-4(1-2-13)5(10)3-6(14-7)8(11)12/h3,8H,1H2. The van der Waals surface area contributed by atoms with Crippen molar-refractivity contribution in [1.29, 1.82) is 5.26 Å². The van der Waals surface area contributed by atoms with Gasteiger partial charge < -0.3 is 0 Å². The number of aromatic nitrogens is 1. The molecule has 1 aromatic heterocycles. The number of hydrogen-bond acceptors (Lipinski definition) is 2. The third-order valence-corrected chi connectivity index (χ3v) is 1.83. The molecule has 0 atom stereocenters. The van der Waals surface area contributed by atoms with Crippen LogP contribution in [0.4, 0.5) is 13.2 Å². The molecule has 0 spiro atoms. The van der Waals surface area contributed by atoms with Crippen molar-refractivity contribution in [2.75, 3.05) is 0 Å².